The molecule has 0 radical (unpaired) electrons. The van der Waals surface area contributed by atoms with E-state index in [1.54, 1.807) is 0 Å². The number of hydrogen-bond acceptors (Lipinski definition) is 7. The smallest absolute Gasteiger partial charge is 0.450 e. The standard InChI is InChI=1S/C15H20F3NO6/c1-5-23-11(20)9(12(21)24-6-2)7-14(15(16,17)18)19-10(8(3)4)13(22)25-14/h8-9H,5-7H2,1-4H3. The van der Waals surface area contributed by atoms with Crippen LogP contribution in [0.5, 0.6) is 0 Å². The van der Waals surface area contributed by atoms with Gasteiger partial charge in [-0.25, -0.2) is 9.79 Å². The molecule has 0 amide bonds. The zero-order valence-corrected chi connectivity index (χ0v) is 14.3. The molecule has 1 unspecified atom stereocenters. The minimum Gasteiger partial charge on any atom is -0.465 e. The molecule has 25 heavy (non-hydrogen) atoms. The number of esters is 3. The van der Waals surface area contributed by atoms with Gasteiger partial charge in [0.25, 0.3) is 0 Å². The summed E-state index contributed by atoms with van der Waals surface area (Å²) in [6.45, 7) is 5.53. The van der Waals surface area contributed by atoms with Gasteiger partial charge in [0.2, 0.25) is 0 Å². The average Bonchev–Trinajstić information content (AvgIpc) is 2.83. The molecule has 0 saturated carbocycles. The van der Waals surface area contributed by atoms with E-state index in [4.69, 9.17) is 0 Å². The van der Waals surface area contributed by atoms with Crippen LogP contribution in [0.15, 0.2) is 4.99 Å². The van der Waals surface area contributed by atoms with Crippen molar-refractivity contribution in [2.75, 3.05) is 13.2 Å². The molecule has 7 nitrogen and oxygen atoms in total. The predicted molar refractivity (Wildman–Crippen MR) is 78.5 cm³/mol. The lowest BCUT2D eigenvalue weighted by Crippen LogP contribution is -2.48. The molecule has 0 bridgehead atoms. The second-order valence-electron chi connectivity index (χ2n) is 5.58. The van der Waals surface area contributed by atoms with Crippen LogP contribution in [0, 0.1) is 11.8 Å². The summed E-state index contributed by atoms with van der Waals surface area (Å²) < 4.78 is 54.6. The first kappa shape index (κ1) is 20.9. The van der Waals surface area contributed by atoms with E-state index in [9.17, 15) is 27.6 Å². The molecule has 1 aliphatic heterocycles. The van der Waals surface area contributed by atoms with Crippen molar-refractivity contribution in [1.82, 2.24) is 0 Å². The number of hydrogen-bond donors (Lipinski definition) is 0. The Kier molecular flexibility index (Phi) is 6.55. The van der Waals surface area contributed by atoms with E-state index in [0.29, 0.717) is 0 Å². The van der Waals surface area contributed by atoms with Gasteiger partial charge >= 0.3 is 29.8 Å². The maximum Gasteiger partial charge on any atom is 0.450 e. The van der Waals surface area contributed by atoms with Crippen LogP contribution in [-0.2, 0) is 28.6 Å². The van der Waals surface area contributed by atoms with Crippen molar-refractivity contribution in [2.45, 2.75) is 46.0 Å². The second kappa shape index (κ2) is 7.83. The Balaban J connectivity index is 3.30. The summed E-state index contributed by atoms with van der Waals surface area (Å²) in [5.74, 6) is -6.19. The minimum absolute atomic E-state index is 0.145. The highest BCUT2D eigenvalue weighted by Crippen LogP contribution is 2.43. The number of halogens is 3. The Bertz CT molecular complexity index is 554. The van der Waals surface area contributed by atoms with E-state index in [1.165, 1.54) is 27.7 Å². The fourth-order valence-electron chi connectivity index (χ4n) is 2.18. The van der Waals surface area contributed by atoms with Gasteiger partial charge in [0.1, 0.15) is 5.71 Å². The topological polar surface area (TPSA) is 91.3 Å². The highest BCUT2D eigenvalue weighted by molar-refractivity contribution is 6.38. The fraction of sp³-hybridized carbons (Fsp3) is 0.733. The molecule has 0 fully saturated rings. The van der Waals surface area contributed by atoms with Gasteiger partial charge in [0.15, 0.2) is 5.92 Å². The molecule has 1 aliphatic rings. The highest BCUT2D eigenvalue weighted by atomic mass is 19.4. The Hall–Kier alpha value is -2.13. The van der Waals surface area contributed by atoms with Crippen LogP contribution in [0.3, 0.4) is 0 Å². The number of ether oxygens (including phenoxy) is 3. The summed E-state index contributed by atoms with van der Waals surface area (Å²) >= 11 is 0. The first-order valence-electron chi connectivity index (χ1n) is 7.72. The first-order chi connectivity index (χ1) is 11.5. The van der Waals surface area contributed by atoms with E-state index >= 15 is 0 Å². The lowest BCUT2D eigenvalue weighted by molar-refractivity contribution is -0.265. The molecule has 0 aromatic heterocycles. The maximum atomic E-state index is 13.6. The summed E-state index contributed by atoms with van der Waals surface area (Å²) in [6.07, 6.45) is -6.37. The molecule has 1 atom stereocenters. The van der Waals surface area contributed by atoms with Crippen LogP contribution in [0.1, 0.15) is 34.1 Å². The molecular weight excluding hydrogens is 347 g/mol. The Labute approximate surface area is 142 Å². The van der Waals surface area contributed by atoms with E-state index in [1.807, 2.05) is 0 Å². The number of aliphatic imine (C=N–C) groups is 1. The summed E-state index contributed by atoms with van der Waals surface area (Å²) in [5.41, 5.74) is -3.74. The molecule has 0 aliphatic carbocycles. The summed E-state index contributed by atoms with van der Waals surface area (Å²) in [4.78, 5) is 39.0. The van der Waals surface area contributed by atoms with E-state index < -0.39 is 53.8 Å². The molecule has 142 valence electrons. The summed E-state index contributed by atoms with van der Waals surface area (Å²) in [7, 11) is 0. The molecule has 0 saturated heterocycles. The zero-order chi connectivity index (χ0) is 19.4. The zero-order valence-electron chi connectivity index (χ0n) is 14.3. The Morgan fingerprint density at radius 2 is 1.64 bits per heavy atom. The van der Waals surface area contributed by atoms with Crippen molar-refractivity contribution in [3.63, 3.8) is 0 Å². The minimum atomic E-state index is -5.13. The van der Waals surface area contributed by atoms with Crippen molar-refractivity contribution in [3.8, 4) is 0 Å². The first-order valence-corrected chi connectivity index (χ1v) is 7.72. The van der Waals surface area contributed by atoms with Crippen LogP contribution in [0.4, 0.5) is 13.2 Å². The Morgan fingerprint density at radius 1 is 1.16 bits per heavy atom. The predicted octanol–water partition coefficient (Wildman–Crippen LogP) is 2.03. The van der Waals surface area contributed by atoms with Crippen molar-refractivity contribution in [2.24, 2.45) is 16.8 Å². The highest BCUT2D eigenvalue weighted by Gasteiger charge is 2.64. The van der Waals surface area contributed by atoms with Gasteiger partial charge in [0.05, 0.1) is 13.2 Å². The van der Waals surface area contributed by atoms with E-state index in [2.05, 4.69) is 19.2 Å². The number of alkyl halides is 3. The normalized spacial score (nSPS) is 20.5. The molecule has 0 spiro atoms. The molecule has 0 N–H and O–H groups in total. The maximum absolute atomic E-state index is 13.6. The van der Waals surface area contributed by atoms with Crippen molar-refractivity contribution in [3.05, 3.63) is 0 Å². The number of cyclic esters (lactones) is 1. The largest absolute Gasteiger partial charge is 0.465 e. The van der Waals surface area contributed by atoms with Crippen LogP contribution < -0.4 is 0 Å². The van der Waals surface area contributed by atoms with Gasteiger partial charge in [-0.1, -0.05) is 13.8 Å². The van der Waals surface area contributed by atoms with E-state index in [0.717, 1.165) is 0 Å². The lowest BCUT2D eigenvalue weighted by atomic mass is 9.96. The third-order valence-electron chi connectivity index (χ3n) is 3.38. The second-order valence-corrected chi connectivity index (χ2v) is 5.58. The van der Waals surface area contributed by atoms with Crippen LogP contribution in [0.25, 0.3) is 0 Å². The average molecular weight is 367 g/mol. The molecule has 0 aromatic carbocycles. The van der Waals surface area contributed by atoms with Gasteiger partial charge in [-0.3, -0.25) is 9.59 Å². The van der Waals surface area contributed by atoms with Crippen molar-refractivity contribution in [1.29, 1.82) is 0 Å². The lowest BCUT2D eigenvalue weighted by Gasteiger charge is -2.29. The Morgan fingerprint density at radius 3 is 1.96 bits per heavy atom. The van der Waals surface area contributed by atoms with Crippen molar-refractivity contribution >= 4 is 23.6 Å². The molecule has 1 rings (SSSR count). The van der Waals surface area contributed by atoms with Crippen LogP contribution >= 0.6 is 0 Å². The third-order valence-corrected chi connectivity index (χ3v) is 3.38. The molecule has 0 aromatic rings. The molecule has 1 heterocycles. The van der Waals surface area contributed by atoms with Gasteiger partial charge in [0, 0.05) is 12.3 Å². The van der Waals surface area contributed by atoms with Gasteiger partial charge in [-0.2, -0.15) is 13.2 Å². The monoisotopic (exact) mass is 367 g/mol. The van der Waals surface area contributed by atoms with Crippen LogP contribution in [0.2, 0.25) is 0 Å². The van der Waals surface area contributed by atoms with E-state index in [-0.39, 0.29) is 13.2 Å². The summed E-state index contributed by atoms with van der Waals surface area (Å²) in [5, 5.41) is 0. The van der Waals surface area contributed by atoms with Crippen LogP contribution in [-0.4, -0.2) is 48.7 Å². The fourth-order valence-corrected chi connectivity index (χ4v) is 2.18. The molecule has 10 heteroatoms. The number of carbonyl (C=O) groups is 3. The van der Waals surface area contributed by atoms with Crippen molar-refractivity contribution < 1.29 is 41.8 Å². The third kappa shape index (κ3) is 4.49. The van der Waals surface area contributed by atoms with Gasteiger partial charge in [-0.05, 0) is 13.8 Å². The number of rotatable bonds is 7. The number of carbonyl (C=O) groups excluding carboxylic acids is 3. The quantitative estimate of drug-likeness (QED) is 0.388. The molecular formula is C15H20F3NO6. The SMILES string of the molecule is CCOC(=O)C(CC1(C(F)(F)F)N=C(C(C)C)C(=O)O1)C(=O)OCC. The van der Waals surface area contributed by atoms with Gasteiger partial charge < -0.3 is 14.2 Å². The van der Waals surface area contributed by atoms with Gasteiger partial charge in [-0.15, -0.1) is 0 Å². The summed E-state index contributed by atoms with van der Waals surface area (Å²) in [6, 6.07) is 0. The number of nitrogens with zero attached hydrogens (tertiary/aromatic N) is 1.